The summed E-state index contributed by atoms with van der Waals surface area (Å²) < 4.78 is 0. The number of benzene rings is 1. The Morgan fingerprint density at radius 1 is 1.14 bits per heavy atom. The number of anilines is 1. The Morgan fingerprint density at radius 3 is 3.05 bits per heavy atom. The van der Waals surface area contributed by atoms with Gasteiger partial charge >= 0.3 is 0 Å². The van der Waals surface area contributed by atoms with Crippen LogP contribution in [0.4, 0.5) is 5.69 Å². The molecule has 2 saturated heterocycles. The van der Waals surface area contributed by atoms with E-state index in [4.69, 9.17) is 0 Å². The first-order valence-electron chi connectivity index (χ1n) is 8.21. The minimum atomic E-state index is 0. The number of piperidine rings is 1. The normalized spacial score (nSPS) is 25.6. The van der Waals surface area contributed by atoms with Crippen molar-refractivity contribution in [2.45, 2.75) is 38.3 Å². The van der Waals surface area contributed by atoms with E-state index in [-0.39, 0.29) is 12.4 Å². The van der Waals surface area contributed by atoms with Crippen molar-refractivity contribution in [1.29, 1.82) is 0 Å². The second kappa shape index (κ2) is 6.55. The number of para-hydroxylation sites is 1. The molecule has 0 amide bonds. The summed E-state index contributed by atoms with van der Waals surface area (Å²) >= 11 is 0. The zero-order valence-electron chi connectivity index (χ0n) is 12.7. The van der Waals surface area contributed by atoms with Crippen LogP contribution < -0.4 is 5.32 Å². The topological polar surface area (TPSA) is 18.5 Å². The van der Waals surface area contributed by atoms with Crippen molar-refractivity contribution in [1.82, 2.24) is 9.80 Å². The third-order valence-electron chi connectivity index (χ3n) is 5.25. The fraction of sp³-hybridized carbons (Fsp3) is 0.647. The van der Waals surface area contributed by atoms with E-state index in [0.29, 0.717) is 0 Å². The molecule has 2 fully saturated rings. The molecule has 4 heteroatoms. The lowest BCUT2D eigenvalue weighted by molar-refractivity contribution is 0.0458. The molecule has 1 aromatic rings. The smallest absolute Gasteiger partial charge is 0.0419 e. The van der Waals surface area contributed by atoms with Gasteiger partial charge < -0.3 is 5.32 Å². The Kier molecular flexibility index (Phi) is 4.72. The fourth-order valence-corrected chi connectivity index (χ4v) is 4.15. The lowest BCUT2D eigenvalue weighted by Gasteiger charge is -2.44. The Balaban J connectivity index is 0.00000132. The molecule has 3 heterocycles. The molecule has 0 aromatic heterocycles. The zero-order valence-corrected chi connectivity index (χ0v) is 13.5. The first kappa shape index (κ1) is 15.1. The van der Waals surface area contributed by atoms with E-state index < -0.39 is 0 Å². The van der Waals surface area contributed by atoms with E-state index in [1.165, 1.54) is 68.7 Å². The summed E-state index contributed by atoms with van der Waals surface area (Å²) in [6, 6.07) is 7.64. The monoisotopic (exact) mass is 307 g/mol. The number of hydrogen-bond donors (Lipinski definition) is 1. The lowest BCUT2D eigenvalue weighted by atomic mass is 9.99. The predicted molar refractivity (Wildman–Crippen MR) is 90.4 cm³/mol. The van der Waals surface area contributed by atoms with Crippen LogP contribution in [0.3, 0.4) is 0 Å². The maximum Gasteiger partial charge on any atom is 0.0419 e. The summed E-state index contributed by atoms with van der Waals surface area (Å²) in [6.07, 6.45) is 5.44. The summed E-state index contributed by atoms with van der Waals surface area (Å²) in [5, 5.41) is 3.58. The van der Waals surface area contributed by atoms with E-state index >= 15 is 0 Å². The Morgan fingerprint density at radius 2 is 2.10 bits per heavy atom. The van der Waals surface area contributed by atoms with Gasteiger partial charge in [-0.05, 0) is 36.9 Å². The summed E-state index contributed by atoms with van der Waals surface area (Å²) in [5.74, 6) is 0. The first-order valence-corrected chi connectivity index (χ1v) is 8.21. The SMILES string of the molecule is Cl.c1cc2c(c(CN3CCN4CCCCC4C3)c1)NCC2. The first-order chi connectivity index (χ1) is 9.90. The molecule has 0 spiro atoms. The zero-order chi connectivity index (χ0) is 13.4. The second-order valence-corrected chi connectivity index (χ2v) is 6.55. The van der Waals surface area contributed by atoms with Crippen LogP contribution in [-0.4, -0.2) is 48.6 Å². The number of nitrogens with zero attached hydrogens (tertiary/aromatic N) is 2. The van der Waals surface area contributed by atoms with Gasteiger partial charge in [-0.25, -0.2) is 0 Å². The summed E-state index contributed by atoms with van der Waals surface area (Å²) in [5.41, 5.74) is 4.45. The number of nitrogens with one attached hydrogen (secondary N) is 1. The van der Waals surface area contributed by atoms with E-state index in [1.807, 2.05) is 0 Å². The van der Waals surface area contributed by atoms with Crippen molar-refractivity contribution < 1.29 is 0 Å². The highest BCUT2D eigenvalue weighted by atomic mass is 35.5. The van der Waals surface area contributed by atoms with E-state index in [0.717, 1.165) is 19.1 Å². The number of halogens is 1. The van der Waals surface area contributed by atoms with Crippen molar-refractivity contribution >= 4 is 18.1 Å². The minimum absolute atomic E-state index is 0. The maximum atomic E-state index is 3.58. The van der Waals surface area contributed by atoms with Gasteiger partial charge in [-0.2, -0.15) is 0 Å². The highest BCUT2D eigenvalue weighted by Crippen LogP contribution is 2.29. The Bertz CT molecular complexity index is 491. The number of piperazine rings is 1. The van der Waals surface area contributed by atoms with Gasteiger partial charge in [0.2, 0.25) is 0 Å². The lowest BCUT2D eigenvalue weighted by Crippen LogP contribution is -2.54. The minimum Gasteiger partial charge on any atom is -0.384 e. The van der Waals surface area contributed by atoms with Crippen LogP contribution in [0, 0.1) is 0 Å². The fourth-order valence-electron chi connectivity index (χ4n) is 4.15. The molecule has 3 aliphatic heterocycles. The second-order valence-electron chi connectivity index (χ2n) is 6.55. The molecule has 116 valence electrons. The number of rotatable bonds is 2. The molecule has 0 bridgehead atoms. The van der Waals surface area contributed by atoms with Gasteiger partial charge in [0, 0.05) is 44.5 Å². The summed E-state index contributed by atoms with van der Waals surface area (Å²) in [7, 11) is 0. The molecule has 0 aliphatic carbocycles. The van der Waals surface area contributed by atoms with Gasteiger partial charge in [0.25, 0.3) is 0 Å². The molecule has 1 atom stereocenters. The highest BCUT2D eigenvalue weighted by molar-refractivity contribution is 5.85. The van der Waals surface area contributed by atoms with Gasteiger partial charge in [-0.15, -0.1) is 12.4 Å². The summed E-state index contributed by atoms with van der Waals surface area (Å²) in [4.78, 5) is 5.38. The molecule has 4 rings (SSSR count). The predicted octanol–water partition coefficient (Wildman–Crippen LogP) is 2.75. The largest absolute Gasteiger partial charge is 0.384 e. The van der Waals surface area contributed by atoms with Gasteiger partial charge in [0.1, 0.15) is 0 Å². The maximum absolute atomic E-state index is 3.58. The number of hydrogen-bond acceptors (Lipinski definition) is 3. The quantitative estimate of drug-likeness (QED) is 0.906. The van der Waals surface area contributed by atoms with Crippen LogP contribution >= 0.6 is 12.4 Å². The van der Waals surface area contributed by atoms with E-state index in [1.54, 1.807) is 0 Å². The molecular formula is C17H26ClN3. The van der Waals surface area contributed by atoms with Crippen LogP contribution in [0.15, 0.2) is 18.2 Å². The van der Waals surface area contributed by atoms with Gasteiger partial charge in [0.15, 0.2) is 0 Å². The van der Waals surface area contributed by atoms with Crippen LogP contribution in [0.5, 0.6) is 0 Å². The van der Waals surface area contributed by atoms with Crippen molar-refractivity contribution in [2.24, 2.45) is 0 Å². The molecular weight excluding hydrogens is 282 g/mol. The summed E-state index contributed by atoms with van der Waals surface area (Å²) in [6.45, 7) is 7.35. The third-order valence-corrected chi connectivity index (χ3v) is 5.25. The highest BCUT2D eigenvalue weighted by Gasteiger charge is 2.29. The molecule has 3 aliphatic rings. The van der Waals surface area contributed by atoms with Gasteiger partial charge in [-0.3, -0.25) is 9.80 Å². The number of fused-ring (bicyclic) bond motifs is 2. The molecule has 21 heavy (non-hydrogen) atoms. The Hall–Kier alpha value is -0.770. The van der Waals surface area contributed by atoms with Crippen molar-refractivity contribution in [2.75, 3.05) is 38.0 Å². The average Bonchev–Trinajstić information content (AvgIpc) is 2.97. The van der Waals surface area contributed by atoms with Gasteiger partial charge in [-0.1, -0.05) is 24.6 Å². The van der Waals surface area contributed by atoms with E-state index in [9.17, 15) is 0 Å². The third kappa shape index (κ3) is 3.05. The molecule has 1 aromatic carbocycles. The van der Waals surface area contributed by atoms with Crippen LogP contribution in [0.1, 0.15) is 30.4 Å². The molecule has 0 radical (unpaired) electrons. The standard InChI is InChI=1S/C17H25N3.ClH/c1-2-9-20-11-10-19(13-16(20)6-1)12-15-5-3-4-14-7-8-18-17(14)15;/h3-5,16,18H,1-2,6-13H2;1H. The molecule has 1 N–H and O–H groups in total. The van der Waals surface area contributed by atoms with Crippen molar-refractivity contribution in [3.8, 4) is 0 Å². The molecule has 3 nitrogen and oxygen atoms in total. The van der Waals surface area contributed by atoms with Crippen molar-refractivity contribution in [3.05, 3.63) is 29.3 Å². The van der Waals surface area contributed by atoms with Gasteiger partial charge in [0.05, 0.1) is 0 Å². The van der Waals surface area contributed by atoms with Crippen LogP contribution in [0.25, 0.3) is 0 Å². The van der Waals surface area contributed by atoms with E-state index in [2.05, 4.69) is 33.3 Å². The average molecular weight is 308 g/mol. The van der Waals surface area contributed by atoms with Crippen LogP contribution in [0.2, 0.25) is 0 Å². The van der Waals surface area contributed by atoms with Crippen LogP contribution in [-0.2, 0) is 13.0 Å². The molecule has 0 saturated carbocycles. The Labute approximate surface area is 134 Å². The van der Waals surface area contributed by atoms with Crippen molar-refractivity contribution in [3.63, 3.8) is 0 Å². The molecule has 1 unspecified atom stereocenters.